The van der Waals surface area contributed by atoms with E-state index >= 15 is 0 Å². The molecule has 3 N–H and O–H groups in total. The van der Waals surface area contributed by atoms with E-state index in [4.69, 9.17) is 10.5 Å². The van der Waals surface area contributed by atoms with Crippen molar-refractivity contribution in [3.05, 3.63) is 42.5 Å². The van der Waals surface area contributed by atoms with Crippen LogP contribution in [0.3, 0.4) is 0 Å². The Balaban J connectivity index is 2.27. The lowest BCUT2D eigenvalue weighted by Gasteiger charge is -2.09. The number of benzene rings is 2. The number of anilines is 1. The van der Waals surface area contributed by atoms with Gasteiger partial charge in [-0.15, -0.1) is 0 Å². The number of nitrogen functional groups attached to an aromatic ring is 1. The first-order chi connectivity index (χ1) is 10.2. The van der Waals surface area contributed by atoms with Crippen molar-refractivity contribution in [3.8, 4) is 22.8 Å². The summed E-state index contributed by atoms with van der Waals surface area (Å²) in [4.78, 5) is 0. The molecule has 3 aromatic rings. The summed E-state index contributed by atoms with van der Waals surface area (Å²) in [5, 5.41) is 10.7. The summed E-state index contributed by atoms with van der Waals surface area (Å²) in [6.07, 6.45) is 0. The number of aryl methyl sites for hydroxylation is 1. The summed E-state index contributed by atoms with van der Waals surface area (Å²) in [6.45, 7) is 2.84. The lowest BCUT2D eigenvalue weighted by atomic mass is 10.1. The van der Waals surface area contributed by atoms with Crippen LogP contribution in [0.5, 0.6) is 11.5 Å². The fourth-order valence-electron chi connectivity index (χ4n) is 2.75. The molecule has 4 nitrogen and oxygen atoms in total. The van der Waals surface area contributed by atoms with Crippen LogP contribution in [-0.4, -0.2) is 16.8 Å². The van der Waals surface area contributed by atoms with Crippen LogP contribution in [0.25, 0.3) is 22.2 Å². The summed E-state index contributed by atoms with van der Waals surface area (Å²) in [7, 11) is 1.65. The van der Waals surface area contributed by atoms with Crippen molar-refractivity contribution >= 4 is 16.6 Å². The third kappa shape index (κ3) is 2.09. The highest BCUT2D eigenvalue weighted by molar-refractivity contribution is 6.01. The summed E-state index contributed by atoms with van der Waals surface area (Å²) in [6, 6.07) is 13.1. The van der Waals surface area contributed by atoms with Crippen LogP contribution < -0.4 is 10.5 Å². The summed E-state index contributed by atoms with van der Waals surface area (Å²) >= 11 is 0. The van der Waals surface area contributed by atoms with E-state index in [9.17, 15) is 5.11 Å². The van der Waals surface area contributed by atoms with E-state index in [0.29, 0.717) is 0 Å². The molecule has 1 heterocycles. The molecular formula is C17H18N2O2. The van der Waals surface area contributed by atoms with E-state index < -0.39 is 0 Å². The second kappa shape index (κ2) is 5.05. The molecule has 0 atom stereocenters. The molecule has 0 saturated carbocycles. The Kier molecular flexibility index (Phi) is 3.22. The number of aromatic nitrogens is 1. The van der Waals surface area contributed by atoms with Crippen LogP contribution in [-0.2, 0) is 6.54 Å². The largest absolute Gasteiger partial charge is 0.508 e. The van der Waals surface area contributed by atoms with Crippen molar-refractivity contribution in [2.45, 2.75) is 13.5 Å². The highest BCUT2D eigenvalue weighted by Crippen LogP contribution is 2.37. The van der Waals surface area contributed by atoms with Crippen molar-refractivity contribution in [2.75, 3.05) is 12.8 Å². The molecule has 0 radical (unpaired) electrons. The highest BCUT2D eigenvalue weighted by atomic mass is 16.5. The van der Waals surface area contributed by atoms with Crippen LogP contribution in [0.2, 0.25) is 0 Å². The maximum absolute atomic E-state index is 9.72. The Morgan fingerprint density at radius 1 is 1.14 bits per heavy atom. The first-order valence-electron chi connectivity index (χ1n) is 6.90. The fraction of sp³-hybridized carbons (Fsp3) is 0.176. The Bertz CT molecular complexity index is 789. The Morgan fingerprint density at radius 3 is 2.48 bits per heavy atom. The van der Waals surface area contributed by atoms with E-state index in [1.807, 2.05) is 30.3 Å². The van der Waals surface area contributed by atoms with E-state index in [-0.39, 0.29) is 5.75 Å². The predicted octanol–water partition coefficient (Wildman–Crippen LogP) is 3.62. The number of phenolic OH excluding ortho intramolecular Hbond substituents is 1. The lowest BCUT2D eigenvalue weighted by Crippen LogP contribution is -1.98. The van der Waals surface area contributed by atoms with Gasteiger partial charge in [-0.3, -0.25) is 0 Å². The van der Waals surface area contributed by atoms with E-state index in [0.717, 1.165) is 40.1 Å². The zero-order chi connectivity index (χ0) is 15.0. The first kappa shape index (κ1) is 13.4. The van der Waals surface area contributed by atoms with Gasteiger partial charge in [0.05, 0.1) is 24.0 Å². The van der Waals surface area contributed by atoms with Crippen molar-refractivity contribution in [1.82, 2.24) is 4.57 Å². The molecule has 0 bridgehead atoms. The van der Waals surface area contributed by atoms with Gasteiger partial charge in [0.2, 0.25) is 0 Å². The van der Waals surface area contributed by atoms with Gasteiger partial charge in [-0.1, -0.05) is 0 Å². The van der Waals surface area contributed by atoms with E-state index in [2.05, 4.69) is 11.5 Å². The topological polar surface area (TPSA) is 60.4 Å². The summed E-state index contributed by atoms with van der Waals surface area (Å²) < 4.78 is 7.31. The number of hydrogen-bond acceptors (Lipinski definition) is 3. The maximum atomic E-state index is 9.72. The third-order valence-electron chi connectivity index (χ3n) is 3.77. The Morgan fingerprint density at radius 2 is 1.86 bits per heavy atom. The van der Waals surface area contributed by atoms with Gasteiger partial charge in [-0.25, -0.2) is 0 Å². The number of phenols is 1. The Hall–Kier alpha value is -2.62. The zero-order valence-corrected chi connectivity index (χ0v) is 12.1. The zero-order valence-electron chi connectivity index (χ0n) is 12.1. The van der Waals surface area contributed by atoms with Gasteiger partial charge >= 0.3 is 0 Å². The lowest BCUT2D eigenvalue weighted by molar-refractivity contribution is 0.415. The smallest absolute Gasteiger partial charge is 0.118 e. The van der Waals surface area contributed by atoms with Gasteiger partial charge in [-0.2, -0.15) is 0 Å². The predicted molar refractivity (Wildman–Crippen MR) is 85.7 cm³/mol. The molecule has 4 heteroatoms. The number of nitrogens with two attached hydrogens (primary N) is 1. The number of ether oxygens (including phenoxy) is 1. The van der Waals surface area contributed by atoms with Crippen molar-refractivity contribution in [1.29, 1.82) is 0 Å². The maximum Gasteiger partial charge on any atom is 0.118 e. The quantitative estimate of drug-likeness (QED) is 0.771. The monoisotopic (exact) mass is 282 g/mol. The molecule has 0 saturated heterocycles. The number of aromatic hydroxyl groups is 1. The number of rotatable bonds is 3. The van der Waals surface area contributed by atoms with Gasteiger partial charge in [0, 0.05) is 23.6 Å². The van der Waals surface area contributed by atoms with Crippen molar-refractivity contribution in [3.63, 3.8) is 0 Å². The van der Waals surface area contributed by atoms with Gasteiger partial charge in [0.15, 0.2) is 0 Å². The number of nitrogens with zero attached hydrogens (tertiary/aromatic N) is 1. The van der Waals surface area contributed by atoms with Crippen molar-refractivity contribution in [2.24, 2.45) is 0 Å². The van der Waals surface area contributed by atoms with Crippen LogP contribution >= 0.6 is 0 Å². The third-order valence-corrected chi connectivity index (χ3v) is 3.77. The SMILES string of the molecule is CCn1c(-c2ccc(OC)cc2)c(N)c2ccc(O)cc21. The molecular weight excluding hydrogens is 264 g/mol. The normalized spacial score (nSPS) is 11.0. The number of hydrogen-bond donors (Lipinski definition) is 2. The molecule has 0 aliphatic rings. The second-order valence-electron chi connectivity index (χ2n) is 4.94. The molecule has 0 aliphatic heterocycles. The first-order valence-corrected chi connectivity index (χ1v) is 6.90. The summed E-state index contributed by atoms with van der Waals surface area (Å²) in [5.74, 6) is 1.06. The van der Waals surface area contributed by atoms with Gasteiger partial charge < -0.3 is 20.1 Å². The average Bonchev–Trinajstić information content (AvgIpc) is 2.79. The number of methoxy groups -OCH3 is 1. The van der Waals surface area contributed by atoms with Crippen LogP contribution in [0, 0.1) is 0 Å². The van der Waals surface area contributed by atoms with Crippen LogP contribution in [0.4, 0.5) is 5.69 Å². The van der Waals surface area contributed by atoms with Crippen LogP contribution in [0.15, 0.2) is 42.5 Å². The molecule has 0 aliphatic carbocycles. The molecule has 0 unspecified atom stereocenters. The minimum absolute atomic E-state index is 0.246. The van der Waals surface area contributed by atoms with Gasteiger partial charge in [0.25, 0.3) is 0 Å². The number of fused-ring (bicyclic) bond motifs is 1. The van der Waals surface area contributed by atoms with Gasteiger partial charge in [-0.05, 0) is 43.3 Å². The molecule has 108 valence electrons. The second-order valence-corrected chi connectivity index (χ2v) is 4.94. The molecule has 2 aromatic carbocycles. The van der Waals surface area contributed by atoms with E-state index in [1.165, 1.54) is 0 Å². The molecule has 0 fully saturated rings. The minimum atomic E-state index is 0.246. The molecule has 3 rings (SSSR count). The van der Waals surface area contributed by atoms with Crippen LogP contribution in [0.1, 0.15) is 6.92 Å². The minimum Gasteiger partial charge on any atom is -0.508 e. The molecule has 0 amide bonds. The molecule has 1 aromatic heterocycles. The highest BCUT2D eigenvalue weighted by Gasteiger charge is 2.16. The van der Waals surface area contributed by atoms with E-state index in [1.54, 1.807) is 19.2 Å². The average molecular weight is 282 g/mol. The Labute approximate surface area is 123 Å². The van der Waals surface area contributed by atoms with Crippen molar-refractivity contribution < 1.29 is 9.84 Å². The van der Waals surface area contributed by atoms with Gasteiger partial charge in [0.1, 0.15) is 11.5 Å². The molecule has 0 spiro atoms. The summed E-state index contributed by atoms with van der Waals surface area (Å²) in [5.41, 5.74) is 10.0. The standard InChI is InChI=1S/C17H18N2O2/c1-3-19-15-10-12(20)6-9-14(15)16(18)17(19)11-4-7-13(21-2)8-5-11/h4-10,20H,3,18H2,1-2H3. The fourth-order valence-corrected chi connectivity index (χ4v) is 2.75. The molecule has 21 heavy (non-hydrogen) atoms.